The van der Waals surface area contributed by atoms with Gasteiger partial charge in [-0.15, -0.1) is 11.3 Å². The van der Waals surface area contributed by atoms with Gasteiger partial charge in [-0.3, -0.25) is 9.69 Å². The summed E-state index contributed by atoms with van der Waals surface area (Å²) >= 11 is 1.78. The van der Waals surface area contributed by atoms with Crippen molar-refractivity contribution in [1.29, 1.82) is 0 Å². The Bertz CT molecular complexity index is 1580. The molecule has 6 heterocycles. The van der Waals surface area contributed by atoms with Crippen LogP contribution in [0.2, 0.25) is 0 Å². The highest BCUT2D eigenvalue weighted by molar-refractivity contribution is 7.15. The van der Waals surface area contributed by atoms with Crippen molar-refractivity contribution in [3.8, 4) is 16.3 Å². The minimum atomic E-state index is 0.0106. The second-order valence-electron chi connectivity index (χ2n) is 11.7. The highest BCUT2D eigenvalue weighted by Crippen LogP contribution is 2.41. The molecule has 3 aliphatic heterocycles. The Morgan fingerprint density at radius 3 is 2.51 bits per heavy atom. The number of rotatable bonds is 7. The van der Waals surface area contributed by atoms with Gasteiger partial charge in [0.05, 0.1) is 24.5 Å². The van der Waals surface area contributed by atoms with Gasteiger partial charge in [0.25, 0.3) is 5.91 Å². The molecule has 0 saturated carbocycles. The van der Waals surface area contributed by atoms with Crippen molar-refractivity contribution in [2.45, 2.75) is 46.2 Å². The van der Waals surface area contributed by atoms with Crippen LogP contribution in [-0.4, -0.2) is 94.3 Å². The van der Waals surface area contributed by atoms with Crippen LogP contribution in [0.3, 0.4) is 0 Å². The van der Waals surface area contributed by atoms with Gasteiger partial charge in [-0.1, -0.05) is 12.1 Å². The van der Waals surface area contributed by atoms with Gasteiger partial charge in [0, 0.05) is 62.9 Å². The lowest BCUT2D eigenvalue weighted by atomic mass is 10.1. The molecule has 43 heavy (non-hydrogen) atoms. The number of benzene rings is 1. The van der Waals surface area contributed by atoms with Crippen LogP contribution >= 0.6 is 11.3 Å². The van der Waals surface area contributed by atoms with Crippen molar-refractivity contribution in [2.24, 2.45) is 0 Å². The van der Waals surface area contributed by atoms with Crippen LogP contribution in [0.1, 0.15) is 34.7 Å². The SMILES string of the molecule is Cc1nc(-c2c3n(c4c(N5CCN(Cc6ccc(OCC(=O)N7CCOCC7)cc6)CC5)ncnc24)CCCC3)sc1C. The number of hydrogen-bond donors (Lipinski definition) is 0. The fourth-order valence-corrected chi connectivity index (χ4v) is 7.41. The molecule has 4 aromatic rings. The Hall–Kier alpha value is -3.54. The molecule has 0 bridgehead atoms. The zero-order valence-electron chi connectivity index (χ0n) is 25.0. The fraction of sp³-hybridized carbons (Fsp3) is 0.500. The van der Waals surface area contributed by atoms with Crippen molar-refractivity contribution in [3.63, 3.8) is 0 Å². The average molecular weight is 602 g/mol. The summed E-state index contributed by atoms with van der Waals surface area (Å²) in [6.45, 7) is 12.4. The number of anilines is 1. The summed E-state index contributed by atoms with van der Waals surface area (Å²) in [7, 11) is 0. The molecule has 3 aliphatic rings. The number of hydrogen-bond acceptors (Lipinski definition) is 9. The Morgan fingerprint density at radius 2 is 1.77 bits per heavy atom. The number of carbonyl (C=O) groups excluding carboxylic acids is 1. The van der Waals surface area contributed by atoms with Crippen LogP contribution < -0.4 is 9.64 Å². The minimum Gasteiger partial charge on any atom is -0.484 e. The number of morpholine rings is 1. The van der Waals surface area contributed by atoms with E-state index in [0.717, 1.165) is 73.5 Å². The van der Waals surface area contributed by atoms with E-state index in [1.54, 1.807) is 22.6 Å². The van der Waals surface area contributed by atoms with Crippen molar-refractivity contribution in [2.75, 3.05) is 64.0 Å². The van der Waals surface area contributed by atoms with E-state index in [9.17, 15) is 4.79 Å². The van der Waals surface area contributed by atoms with Crippen molar-refractivity contribution < 1.29 is 14.3 Å². The van der Waals surface area contributed by atoms with E-state index in [2.05, 4.69) is 40.3 Å². The van der Waals surface area contributed by atoms with Gasteiger partial charge in [-0.05, 0) is 50.8 Å². The van der Waals surface area contributed by atoms with Crippen molar-refractivity contribution >= 4 is 34.1 Å². The second-order valence-corrected chi connectivity index (χ2v) is 12.9. The molecule has 1 aromatic carbocycles. The highest BCUT2D eigenvalue weighted by atomic mass is 32.1. The van der Waals surface area contributed by atoms with Crippen LogP contribution in [0.4, 0.5) is 5.82 Å². The van der Waals surface area contributed by atoms with E-state index in [0.29, 0.717) is 26.3 Å². The molecule has 0 aliphatic carbocycles. The summed E-state index contributed by atoms with van der Waals surface area (Å²) in [5.41, 5.74) is 7.16. The van der Waals surface area contributed by atoms with Crippen LogP contribution in [0, 0.1) is 13.8 Å². The maximum atomic E-state index is 12.4. The number of carbonyl (C=O) groups is 1. The third-order valence-electron chi connectivity index (χ3n) is 8.94. The first-order valence-electron chi connectivity index (χ1n) is 15.4. The Kier molecular flexibility index (Phi) is 8.03. The first-order valence-corrected chi connectivity index (χ1v) is 16.2. The lowest BCUT2D eigenvalue weighted by Gasteiger charge is -2.35. The van der Waals surface area contributed by atoms with Gasteiger partial charge in [-0.2, -0.15) is 0 Å². The third kappa shape index (κ3) is 5.73. The first-order chi connectivity index (χ1) is 21.0. The number of amides is 1. The summed E-state index contributed by atoms with van der Waals surface area (Å²) in [5, 5.41) is 1.09. The molecule has 0 unspecified atom stereocenters. The van der Waals surface area contributed by atoms with E-state index >= 15 is 0 Å². The molecule has 0 atom stereocenters. The topological polar surface area (TPSA) is 88.9 Å². The Labute approximate surface area is 256 Å². The number of fused-ring (bicyclic) bond motifs is 3. The molecule has 0 N–H and O–H groups in total. The van der Waals surface area contributed by atoms with Crippen LogP contribution in [0.15, 0.2) is 30.6 Å². The summed E-state index contributed by atoms with van der Waals surface area (Å²) in [5.74, 6) is 1.79. The minimum absolute atomic E-state index is 0.0106. The van der Waals surface area contributed by atoms with Gasteiger partial charge < -0.3 is 23.8 Å². The van der Waals surface area contributed by atoms with Crippen LogP contribution in [0.25, 0.3) is 21.6 Å². The predicted molar refractivity (Wildman–Crippen MR) is 168 cm³/mol. The number of aromatic nitrogens is 4. The summed E-state index contributed by atoms with van der Waals surface area (Å²) < 4.78 is 13.6. The molecule has 10 nitrogen and oxygen atoms in total. The van der Waals surface area contributed by atoms with Crippen molar-refractivity contribution in [3.05, 3.63) is 52.4 Å². The van der Waals surface area contributed by atoms with Crippen LogP contribution in [-0.2, 0) is 29.0 Å². The van der Waals surface area contributed by atoms with E-state index in [1.165, 1.54) is 40.1 Å². The molecule has 3 aromatic heterocycles. The summed E-state index contributed by atoms with van der Waals surface area (Å²) in [6, 6.07) is 8.14. The van der Waals surface area contributed by atoms with E-state index in [4.69, 9.17) is 24.4 Å². The fourth-order valence-electron chi connectivity index (χ4n) is 6.43. The maximum Gasteiger partial charge on any atom is 0.260 e. The normalized spacial score (nSPS) is 17.8. The largest absolute Gasteiger partial charge is 0.484 e. The monoisotopic (exact) mass is 601 g/mol. The number of piperazine rings is 1. The molecule has 0 spiro atoms. The highest BCUT2D eigenvalue weighted by Gasteiger charge is 2.29. The third-order valence-corrected chi connectivity index (χ3v) is 10.0. The van der Waals surface area contributed by atoms with Gasteiger partial charge in [0.15, 0.2) is 12.4 Å². The molecule has 11 heteroatoms. The van der Waals surface area contributed by atoms with Gasteiger partial charge in [0.1, 0.15) is 28.1 Å². The summed E-state index contributed by atoms with van der Waals surface area (Å²) in [6.07, 6.45) is 5.19. The van der Waals surface area contributed by atoms with E-state index in [1.807, 2.05) is 12.1 Å². The molecular formula is C32H39N7O3S. The molecule has 2 saturated heterocycles. The summed E-state index contributed by atoms with van der Waals surface area (Å²) in [4.78, 5) is 35.0. The van der Waals surface area contributed by atoms with Crippen molar-refractivity contribution in [1.82, 2.24) is 29.3 Å². The number of nitrogens with zero attached hydrogens (tertiary/aromatic N) is 7. The van der Waals surface area contributed by atoms with E-state index in [-0.39, 0.29) is 12.5 Å². The van der Waals surface area contributed by atoms with Gasteiger partial charge in [0.2, 0.25) is 0 Å². The van der Waals surface area contributed by atoms with Gasteiger partial charge in [-0.25, -0.2) is 15.0 Å². The van der Waals surface area contributed by atoms with Crippen LogP contribution in [0.5, 0.6) is 5.75 Å². The van der Waals surface area contributed by atoms with E-state index < -0.39 is 0 Å². The standard InChI is InChI=1S/C32H39N7O3S/c1-22-23(2)43-32(35-22)28-26-5-3-4-10-39(26)30-29(28)33-21-34-31(30)38-13-11-36(12-14-38)19-24-6-8-25(9-7-24)42-20-27(40)37-15-17-41-18-16-37/h6-9,21H,3-5,10-20H2,1-2H3. The number of thiazole rings is 1. The molecule has 2 fully saturated rings. The lowest BCUT2D eigenvalue weighted by molar-refractivity contribution is -0.137. The zero-order valence-corrected chi connectivity index (χ0v) is 25.9. The number of ether oxygens (including phenoxy) is 2. The maximum absolute atomic E-state index is 12.4. The lowest BCUT2D eigenvalue weighted by Crippen LogP contribution is -2.46. The second kappa shape index (κ2) is 12.2. The predicted octanol–water partition coefficient (Wildman–Crippen LogP) is 4.07. The van der Waals surface area contributed by atoms with Gasteiger partial charge >= 0.3 is 0 Å². The molecule has 1 amide bonds. The smallest absolute Gasteiger partial charge is 0.260 e. The molecule has 0 radical (unpaired) electrons. The average Bonchev–Trinajstić information content (AvgIpc) is 3.57. The molecule has 226 valence electrons. The molecule has 7 rings (SSSR count). The molecular weight excluding hydrogens is 562 g/mol. The quantitative estimate of drug-likeness (QED) is 0.313. The zero-order chi connectivity index (χ0) is 29.3. The Balaban J connectivity index is 1.01. The Morgan fingerprint density at radius 1 is 0.977 bits per heavy atom. The number of aryl methyl sites for hydroxylation is 3. The first kappa shape index (κ1) is 28.2.